The molecule has 0 saturated carbocycles. The molecule has 94 valence electrons. The maximum absolute atomic E-state index is 12.5. The van der Waals surface area contributed by atoms with Gasteiger partial charge in [0.25, 0.3) is 0 Å². The van der Waals surface area contributed by atoms with Crippen LogP contribution in [0.5, 0.6) is 0 Å². The third kappa shape index (κ3) is 3.95. The predicted molar refractivity (Wildman–Crippen MR) is 55.6 cm³/mol. The lowest BCUT2D eigenvalue weighted by Gasteiger charge is -2.13. The third-order valence-electron chi connectivity index (χ3n) is 1.88. The number of halogens is 3. The maximum Gasteiger partial charge on any atom is 0.418 e. The lowest BCUT2D eigenvalue weighted by molar-refractivity contribution is -0.136. The second-order valence-electron chi connectivity index (χ2n) is 3.15. The molecule has 0 saturated heterocycles. The van der Waals surface area contributed by atoms with E-state index < -0.39 is 17.8 Å². The molecule has 7 heteroatoms. The molecule has 0 unspecified atom stereocenters. The number of carbonyl (C=O) groups excluding carboxylic acids is 1. The van der Waals surface area contributed by atoms with Crippen LogP contribution in [0.4, 0.5) is 23.7 Å². The summed E-state index contributed by atoms with van der Waals surface area (Å²) in [4.78, 5) is 11.1. The van der Waals surface area contributed by atoms with Gasteiger partial charge in [-0.3, -0.25) is 0 Å². The highest BCUT2D eigenvalue weighted by Gasteiger charge is 2.33. The minimum absolute atomic E-state index is 0.0278. The highest BCUT2D eigenvalue weighted by molar-refractivity contribution is 5.90. The van der Waals surface area contributed by atoms with E-state index in [1.165, 1.54) is 12.1 Å². The van der Waals surface area contributed by atoms with Crippen molar-refractivity contribution in [3.63, 3.8) is 0 Å². The monoisotopic (exact) mass is 248 g/mol. The average molecular weight is 248 g/mol. The van der Waals surface area contributed by atoms with Crippen LogP contribution in [-0.4, -0.2) is 24.3 Å². The van der Waals surface area contributed by atoms with Gasteiger partial charge in [-0.2, -0.15) is 13.2 Å². The zero-order chi connectivity index (χ0) is 12.9. The Morgan fingerprint density at radius 3 is 2.53 bits per heavy atom. The third-order valence-corrected chi connectivity index (χ3v) is 1.88. The molecule has 1 aromatic rings. The number of hydrogen-bond acceptors (Lipinski definition) is 2. The Bertz CT molecular complexity index is 393. The van der Waals surface area contributed by atoms with Crippen molar-refractivity contribution in [3.8, 4) is 0 Å². The van der Waals surface area contributed by atoms with E-state index >= 15 is 0 Å². The van der Waals surface area contributed by atoms with Crippen LogP contribution in [0.25, 0.3) is 0 Å². The number of rotatable bonds is 3. The Kier molecular flexibility index (Phi) is 4.33. The van der Waals surface area contributed by atoms with Crippen molar-refractivity contribution in [3.05, 3.63) is 29.8 Å². The van der Waals surface area contributed by atoms with Crippen LogP contribution < -0.4 is 10.6 Å². The fourth-order valence-corrected chi connectivity index (χ4v) is 1.18. The molecule has 0 aliphatic carbocycles. The average Bonchev–Trinajstić information content (AvgIpc) is 2.25. The second-order valence-corrected chi connectivity index (χ2v) is 3.15. The molecule has 3 N–H and O–H groups in total. The van der Waals surface area contributed by atoms with E-state index in [1.807, 2.05) is 0 Å². The molecule has 0 atom stereocenters. The first-order valence-corrected chi connectivity index (χ1v) is 4.77. The van der Waals surface area contributed by atoms with Gasteiger partial charge in [0, 0.05) is 6.54 Å². The fourth-order valence-electron chi connectivity index (χ4n) is 1.18. The van der Waals surface area contributed by atoms with Gasteiger partial charge < -0.3 is 15.7 Å². The molecule has 0 aliphatic rings. The van der Waals surface area contributed by atoms with Gasteiger partial charge in [-0.05, 0) is 12.1 Å². The highest BCUT2D eigenvalue weighted by Crippen LogP contribution is 2.34. The number of carbonyl (C=O) groups is 1. The van der Waals surface area contributed by atoms with Crippen LogP contribution in [0, 0.1) is 0 Å². The van der Waals surface area contributed by atoms with E-state index in [-0.39, 0.29) is 18.8 Å². The van der Waals surface area contributed by atoms with Gasteiger partial charge in [0.2, 0.25) is 0 Å². The summed E-state index contributed by atoms with van der Waals surface area (Å²) in [6.45, 7) is -0.311. The van der Waals surface area contributed by atoms with Gasteiger partial charge in [0.05, 0.1) is 17.9 Å². The first-order chi connectivity index (χ1) is 7.95. The molecule has 4 nitrogen and oxygen atoms in total. The summed E-state index contributed by atoms with van der Waals surface area (Å²) in [7, 11) is 0. The summed E-state index contributed by atoms with van der Waals surface area (Å²) in [5.74, 6) is 0. The van der Waals surface area contributed by atoms with E-state index in [0.29, 0.717) is 0 Å². The second kappa shape index (κ2) is 5.53. The number of benzene rings is 1. The van der Waals surface area contributed by atoms with Crippen molar-refractivity contribution in [1.82, 2.24) is 5.32 Å². The van der Waals surface area contributed by atoms with Gasteiger partial charge in [-0.15, -0.1) is 0 Å². The lowest BCUT2D eigenvalue weighted by Crippen LogP contribution is -2.31. The van der Waals surface area contributed by atoms with Gasteiger partial charge >= 0.3 is 12.2 Å². The Balaban J connectivity index is 2.81. The van der Waals surface area contributed by atoms with E-state index in [4.69, 9.17) is 5.11 Å². The van der Waals surface area contributed by atoms with Crippen LogP contribution in [0.3, 0.4) is 0 Å². The van der Waals surface area contributed by atoms with Gasteiger partial charge in [0.1, 0.15) is 0 Å². The van der Waals surface area contributed by atoms with Crippen LogP contribution in [0.15, 0.2) is 24.3 Å². The predicted octanol–water partition coefficient (Wildman–Crippen LogP) is 1.82. The zero-order valence-electron chi connectivity index (χ0n) is 8.71. The number of anilines is 1. The van der Waals surface area contributed by atoms with Gasteiger partial charge in [-0.25, -0.2) is 4.79 Å². The quantitative estimate of drug-likeness (QED) is 0.764. The normalized spacial score (nSPS) is 11.1. The van der Waals surface area contributed by atoms with Crippen molar-refractivity contribution in [1.29, 1.82) is 0 Å². The summed E-state index contributed by atoms with van der Waals surface area (Å²) >= 11 is 0. The van der Waals surface area contributed by atoms with Crippen molar-refractivity contribution < 1.29 is 23.1 Å². The van der Waals surface area contributed by atoms with Crippen molar-refractivity contribution in [2.24, 2.45) is 0 Å². The number of alkyl halides is 3. The molecule has 1 rings (SSSR count). The smallest absolute Gasteiger partial charge is 0.395 e. The van der Waals surface area contributed by atoms with Crippen molar-refractivity contribution >= 4 is 11.7 Å². The van der Waals surface area contributed by atoms with E-state index in [9.17, 15) is 18.0 Å². The van der Waals surface area contributed by atoms with E-state index in [1.54, 1.807) is 0 Å². The number of nitrogens with one attached hydrogen (secondary N) is 2. The SMILES string of the molecule is O=C(NCCO)Nc1ccccc1C(F)(F)F. The molecule has 0 heterocycles. The maximum atomic E-state index is 12.5. The summed E-state index contributed by atoms with van der Waals surface area (Å²) in [5.41, 5.74) is -1.24. The molecule has 17 heavy (non-hydrogen) atoms. The standard InChI is InChI=1S/C10H11F3N2O2/c11-10(12,13)7-3-1-2-4-8(7)15-9(17)14-5-6-16/h1-4,16H,5-6H2,(H2,14,15,17). The molecule has 0 aliphatic heterocycles. The Morgan fingerprint density at radius 1 is 1.29 bits per heavy atom. The summed E-state index contributed by atoms with van der Waals surface area (Å²) in [6.07, 6.45) is -4.53. The van der Waals surface area contributed by atoms with Gasteiger partial charge in [0.15, 0.2) is 0 Å². The number of urea groups is 1. The zero-order valence-corrected chi connectivity index (χ0v) is 8.71. The van der Waals surface area contributed by atoms with E-state index in [2.05, 4.69) is 10.6 Å². The molecular weight excluding hydrogens is 237 g/mol. The molecule has 2 amide bonds. The minimum Gasteiger partial charge on any atom is -0.395 e. The lowest BCUT2D eigenvalue weighted by atomic mass is 10.1. The van der Waals surface area contributed by atoms with Crippen LogP contribution >= 0.6 is 0 Å². The molecule has 0 aromatic heterocycles. The Hall–Kier alpha value is -1.76. The summed E-state index contributed by atoms with van der Waals surface area (Å²) < 4.78 is 37.6. The topological polar surface area (TPSA) is 61.4 Å². The largest absolute Gasteiger partial charge is 0.418 e. The first kappa shape index (κ1) is 13.3. The molecule has 0 bridgehead atoms. The minimum atomic E-state index is -4.53. The molecule has 0 spiro atoms. The number of aliphatic hydroxyl groups is 1. The molecule has 0 fully saturated rings. The molecule has 0 radical (unpaired) electrons. The number of hydrogen-bond donors (Lipinski definition) is 3. The van der Waals surface area contributed by atoms with E-state index in [0.717, 1.165) is 12.1 Å². The van der Waals surface area contributed by atoms with Crippen LogP contribution in [0.2, 0.25) is 0 Å². The van der Waals surface area contributed by atoms with Crippen molar-refractivity contribution in [2.45, 2.75) is 6.18 Å². The number of para-hydroxylation sites is 1. The number of amides is 2. The summed E-state index contributed by atoms with van der Waals surface area (Å²) in [5, 5.41) is 12.7. The van der Waals surface area contributed by atoms with Crippen LogP contribution in [0.1, 0.15) is 5.56 Å². The Morgan fingerprint density at radius 2 is 1.94 bits per heavy atom. The van der Waals surface area contributed by atoms with Crippen LogP contribution in [-0.2, 0) is 6.18 Å². The fraction of sp³-hybridized carbons (Fsp3) is 0.300. The van der Waals surface area contributed by atoms with Crippen molar-refractivity contribution in [2.75, 3.05) is 18.5 Å². The molecular formula is C10H11F3N2O2. The molecule has 1 aromatic carbocycles. The number of aliphatic hydroxyl groups excluding tert-OH is 1. The summed E-state index contributed by atoms with van der Waals surface area (Å²) in [6, 6.07) is 3.86. The first-order valence-electron chi connectivity index (χ1n) is 4.77. The Labute approximate surface area is 95.4 Å². The highest BCUT2D eigenvalue weighted by atomic mass is 19.4. The van der Waals surface area contributed by atoms with Gasteiger partial charge in [-0.1, -0.05) is 12.1 Å².